The van der Waals surface area contributed by atoms with Crippen molar-refractivity contribution in [2.45, 2.75) is 39.0 Å². The molecule has 0 fully saturated rings. The first-order valence-corrected chi connectivity index (χ1v) is 6.26. The molecule has 0 aliphatic heterocycles. The maximum Gasteiger partial charge on any atom is 0.449 e. The Hall–Kier alpha value is -1.86. The zero-order valence-corrected chi connectivity index (χ0v) is 12.1. The maximum atomic E-state index is 12.7. The zero-order chi connectivity index (χ0) is 17.3. The first-order chi connectivity index (χ1) is 9.81. The fourth-order valence-corrected chi connectivity index (χ4v) is 1.69. The summed E-state index contributed by atoms with van der Waals surface area (Å²) in [5, 5.41) is 0. The van der Waals surface area contributed by atoms with E-state index in [-0.39, 0.29) is 11.7 Å². The van der Waals surface area contributed by atoms with Gasteiger partial charge in [0.25, 0.3) is 0 Å². The average molecular weight is 327 g/mol. The topological polar surface area (TPSA) is 35.2 Å². The minimum absolute atomic E-state index is 0.279. The lowest BCUT2D eigenvalue weighted by Gasteiger charge is -2.19. The van der Waals surface area contributed by atoms with Crippen LogP contribution in [0.4, 0.5) is 32.0 Å². The number of halogens is 6. The highest BCUT2D eigenvalue weighted by Crippen LogP contribution is 2.37. The van der Waals surface area contributed by atoms with Crippen LogP contribution >= 0.6 is 0 Å². The molecule has 0 saturated carbocycles. The molecule has 0 amide bonds. The van der Waals surface area contributed by atoms with E-state index in [1.54, 1.807) is 13.8 Å². The Labute approximate surface area is 123 Å². The molecule has 0 bridgehead atoms. The van der Waals surface area contributed by atoms with Gasteiger partial charge in [0.2, 0.25) is 5.76 Å². The second-order valence-corrected chi connectivity index (χ2v) is 5.05. The molecule has 0 heterocycles. The molecule has 124 valence electrons. The lowest BCUT2D eigenvalue weighted by Crippen LogP contribution is -2.21. The van der Waals surface area contributed by atoms with E-state index in [1.807, 2.05) is 0 Å². The van der Waals surface area contributed by atoms with E-state index in [9.17, 15) is 26.3 Å². The number of nitrogen functional groups attached to an aromatic ring is 1. The summed E-state index contributed by atoms with van der Waals surface area (Å²) in [7, 11) is 0. The quantitative estimate of drug-likeness (QED) is 0.477. The number of benzene rings is 1. The highest BCUT2D eigenvalue weighted by molar-refractivity contribution is 5.55. The summed E-state index contributed by atoms with van der Waals surface area (Å²) in [6.07, 6.45) is -11.3. The van der Waals surface area contributed by atoms with Gasteiger partial charge >= 0.3 is 12.4 Å². The predicted octanol–water partition coefficient (Wildman–Crippen LogP) is 5.09. The Morgan fingerprint density at radius 1 is 1.14 bits per heavy atom. The van der Waals surface area contributed by atoms with Crippen LogP contribution < -0.4 is 10.5 Å². The number of aryl methyl sites for hydroxylation is 1. The Morgan fingerprint density at radius 2 is 1.68 bits per heavy atom. The number of hydrogen-bond acceptors (Lipinski definition) is 2. The summed E-state index contributed by atoms with van der Waals surface area (Å²) in [5.74, 6) is -2.70. The molecule has 2 nitrogen and oxygen atoms in total. The summed E-state index contributed by atoms with van der Waals surface area (Å²) in [6.45, 7) is 4.85. The molecule has 0 aliphatic rings. The molecule has 0 saturated heterocycles. The molecule has 0 aliphatic carbocycles. The van der Waals surface area contributed by atoms with E-state index in [0.29, 0.717) is 16.8 Å². The van der Waals surface area contributed by atoms with Crippen molar-refractivity contribution in [2.24, 2.45) is 0 Å². The van der Waals surface area contributed by atoms with E-state index in [4.69, 9.17) is 5.73 Å². The Bertz CT molecular complexity index is 572. The Kier molecular flexibility index (Phi) is 5.04. The van der Waals surface area contributed by atoms with Crippen molar-refractivity contribution in [2.75, 3.05) is 5.73 Å². The van der Waals surface area contributed by atoms with E-state index < -0.39 is 24.2 Å². The fourth-order valence-electron chi connectivity index (χ4n) is 1.69. The van der Waals surface area contributed by atoms with E-state index in [1.165, 1.54) is 19.1 Å². The second kappa shape index (κ2) is 6.10. The fraction of sp³-hybridized carbons (Fsp3) is 0.429. The molecule has 1 aromatic rings. The van der Waals surface area contributed by atoms with Gasteiger partial charge in [-0.15, -0.1) is 0 Å². The van der Waals surface area contributed by atoms with Crippen LogP contribution in [0.2, 0.25) is 0 Å². The molecule has 1 rings (SSSR count). The van der Waals surface area contributed by atoms with Crippen molar-refractivity contribution in [1.82, 2.24) is 0 Å². The van der Waals surface area contributed by atoms with Gasteiger partial charge in [-0.2, -0.15) is 26.3 Å². The Morgan fingerprint density at radius 3 is 2.09 bits per heavy atom. The van der Waals surface area contributed by atoms with E-state index in [0.717, 1.165) is 0 Å². The van der Waals surface area contributed by atoms with Crippen LogP contribution in [0.1, 0.15) is 30.9 Å². The van der Waals surface area contributed by atoms with Gasteiger partial charge < -0.3 is 10.5 Å². The van der Waals surface area contributed by atoms with Gasteiger partial charge in [0, 0.05) is 5.69 Å². The van der Waals surface area contributed by atoms with Gasteiger partial charge in [0.05, 0.1) is 6.08 Å². The van der Waals surface area contributed by atoms with Crippen LogP contribution in [0, 0.1) is 6.92 Å². The van der Waals surface area contributed by atoms with Crippen LogP contribution in [0.15, 0.2) is 24.0 Å². The van der Waals surface area contributed by atoms with Crippen LogP contribution in [0.25, 0.3) is 0 Å². The molecule has 0 aromatic heterocycles. The summed E-state index contributed by atoms with van der Waals surface area (Å²) < 4.78 is 79.5. The van der Waals surface area contributed by atoms with Crippen LogP contribution in [-0.4, -0.2) is 12.4 Å². The molecule has 2 N–H and O–H groups in total. The number of nitrogens with two attached hydrogens (primary N) is 1. The maximum absolute atomic E-state index is 12.7. The van der Waals surface area contributed by atoms with Crippen LogP contribution in [0.3, 0.4) is 0 Å². The molecular formula is C14H15F6NO. The third-order valence-electron chi connectivity index (χ3n) is 2.81. The first-order valence-electron chi connectivity index (χ1n) is 6.26. The molecule has 0 unspecified atom stereocenters. The lowest BCUT2D eigenvalue weighted by molar-refractivity contribution is -0.128. The largest absolute Gasteiger partial charge is 0.452 e. The van der Waals surface area contributed by atoms with Gasteiger partial charge in [0.15, 0.2) is 0 Å². The third kappa shape index (κ3) is 4.85. The van der Waals surface area contributed by atoms with Crippen molar-refractivity contribution >= 4 is 5.69 Å². The normalized spacial score (nSPS) is 13.6. The number of anilines is 1. The number of hydrogen-bond donors (Lipinski definition) is 1. The molecule has 22 heavy (non-hydrogen) atoms. The number of ether oxygens (including phenoxy) is 1. The molecule has 0 radical (unpaired) electrons. The van der Waals surface area contributed by atoms with Crippen LogP contribution in [-0.2, 0) is 0 Å². The third-order valence-corrected chi connectivity index (χ3v) is 2.81. The van der Waals surface area contributed by atoms with Crippen molar-refractivity contribution < 1.29 is 31.1 Å². The minimum atomic E-state index is -5.26. The average Bonchev–Trinajstić information content (AvgIpc) is 2.29. The van der Waals surface area contributed by atoms with E-state index >= 15 is 0 Å². The summed E-state index contributed by atoms with van der Waals surface area (Å²) in [6, 6.07) is 2.59. The highest BCUT2D eigenvalue weighted by atomic mass is 19.4. The smallest absolute Gasteiger partial charge is 0.449 e. The minimum Gasteiger partial charge on any atom is -0.452 e. The zero-order valence-electron chi connectivity index (χ0n) is 12.1. The van der Waals surface area contributed by atoms with Crippen molar-refractivity contribution in [3.05, 3.63) is 35.1 Å². The predicted molar refractivity (Wildman–Crippen MR) is 70.5 cm³/mol. The van der Waals surface area contributed by atoms with Gasteiger partial charge in [-0.05, 0) is 36.1 Å². The SMILES string of the molecule is Cc1cc(OC(=CC(F)(F)F)C(F)(F)F)c(C(C)C)cc1N. The van der Waals surface area contributed by atoms with Crippen molar-refractivity contribution in [1.29, 1.82) is 0 Å². The van der Waals surface area contributed by atoms with Gasteiger partial charge in [0.1, 0.15) is 5.75 Å². The first kappa shape index (κ1) is 18.2. The summed E-state index contributed by atoms with van der Waals surface area (Å²) in [4.78, 5) is 0. The van der Waals surface area contributed by atoms with Gasteiger partial charge in [-0.1, -0.05) is 13.8 Å². The van der Waals surface area contributed by atoms with Gasteiger partial charge in [-0.3, -0.25) is 0 Å². The molecule has 0 atom stereocenters. The lowest BCUT2D eigenvalue weighted by atomic mass is 9.99. The van der Waals surface area contributed by atoms with Crippen molar-refractivity contribution in [3.8, 4) is 5.75 Å². The second-order valence-electron chi connectivity index (χ2n) is 5.05. The monoisotopic (exact) mass is 327 g/mol. The van der Waals surface area contributed by atoms with Crippen molar-refractivity contribution in [3.63, 3.8) is 0 Å². The Balaban J connectivity index is 3.36. The van der Waals surface area contributed by atoms with Crippen LogP contribution in [0.5, 0.6) is 5.75 Å². The van der Waals surface area contributed by atoms with E-state index in [2.05, 4.69) is 4.74 Å². The van der Waals surface area contributed by atoms with Gasteiger partial charge in [-0.25, -0.2) is 0 Å². The molecule has 0 spiro atoms. The number of alkyl halides is 6. The standard InChI is InChI=1S/C14H15F6NO/c1-7(2)9-5-10(21)8(3)4-11(9)22-12(14(18,19)20)6-13(15,16)17/h4-7H,21H2,1-3H3. The molecule has 8 heteroatoms. The number of rotatable bonds is 3. The molecular weight excluding hydrogens is 312 g/mol. The number of allylic oxidation sites excluding steroid dienone is 2. The highest BCUT2D eigenvalue weighted by Gasteiger charge is 2.41. The summed E-state index contributed by atoms with van der Waals surface area (Å²) in [5.41, 5.74) is 6.70. The summed E-state index contributed by atoms with van der Waals surface area (Å²) >= 11 is 0. The molecule has 1 aromatic carbocycles.